The number of benzene rings is 2. The molecular weight excluding hydrogens is 544 g/mol. The van der Waals surface area contributed by atoms with Crippen LogP contribution in [0.25, 0.3) is 0 Å². The van der Waals surface area contributed by atoms with Crippen molar-refractivity contribution in [2.75, 3.05) is 33.4 Å². The van der Waals surface area contributed by atoms with Crippen LogP contribution in [0.3, 0.4) is 0 Å². The van der Waals surface area contributed by atoms with E-state index in [9.17, 15) is 5.26 Å². The zero-order valence-electron chi connectivity index (χ0n) is 20.1. The number of nitrogens with zero attached hydrogens (tertiary/aromatic N) is 7. The average molecular weight is 570 g/mol. The first-order valence-corrected chi connectivity index (χ1v) is 14.1. The first-order chi connectivity index (χ1) is 17.5. The van der Waals surface area contributed by atoms with Gasteiger partial charge in [-0.25, -0.2) is 23.5 Å². The minimum Gasteiger partial charge on any atom is -0.379 e. The molecule has 2 aromatic carbocycles. The molecule has 2 aliphatic heterocycles. The Morgan fingerprint density at radius 1 is 1.17 bits per heavy atom. The molecule has 1 aromatic heterocycles. The average Bonchev–Trinajstić information content (AvgIpc) is 3.21. The quantitative estimate of drug-likeness (QED) is 0.387. The zero-order chi connectivity index (χ0) is 25.3. The minimum atomic E-state index is -2.77. The van der Waals surface area contributed by atoms with Gasteiger partial charge in [0.25, 0.3) is 0 Å². The van der Waals surface area contributed by atoms with Gasteiger partial charge in [-0.15, -0.1) is 0 Å². The van der Waals surface area contributed by atoms with Crippen LogP contribution >= 0.6 is 23.3 Å². The molecule has 0 spiro atoms. The second-order valence-corrected chi connectivity index (χ2v) is 12.3. The summed E-state index contributed by atoms with van der Waals surface area (Å²) in [5.41, 5.74) is 2.01. The summed E-state index contributed by atoms with van der Waals surface area (Å²) in [5.74, 6) is 0.774. The van der Waals surface area contributed by atoms with Crippen LogP contribution in [0.4, 0.5) is 15.9 Å². The predicted octanol–water partition coefficient (Wildman–Crippen LogP) is 5.35. The molecule has 36 heavy (non-hydrogen) atoms. The van der Waals surface area contributed by atoms with Crippen molar-refractivity contribution in [2.24, 2.45) is 9.74 Å². The van der Waals surface area contributed by atoms with E-state index >= 15 is 4.39 Å². The van der Waals surface area contributed by atoms with Gasteiger partial charge < -0.3 is 9.41 Å². The summed E-state index contributed by atoms with van der Waals surface area (Å²) in [6.45, 7) is 4.83. The van der Waals surface area contributed by atoms with Gasteiger partial charge in [-0.2, -0.15) is 10.4 Å². The Bertz CT molecular complexity index is 1420. The summed E-state index contributed by atoms with van der Waals surface area (Å²) in [5, 5.41) is 15.0. The number of hydrogen-bond donors (Lipinski definition) is 0. The predicted molar refractivity (Wildman–Crippen MR) is 143 cm³/mol. The number of morpholine rings is 1. The van der Waals surface area contributed by atoms with Crippen molar-refractivity contribution in [3.8, 4) is 6.07 Å². The molecule has 1 fully saturated rings. The third kappa shape index (κ3) is 4.20. The number of amidine groups is 1. The van der Waals surface area contributed by atoms with Gasteiger partial charge in [0.05, 0.1) is 54.5 Å². The molecule has 8 nitrogen and oxygen atoms in total. The fraction of sp³-hybridized carbons (Fsp3) is 0.320. The van der Waals surface area contributed by atoms with Gasteiger partial charge in [0, 0.05) is 24.6 Å². The van der Waals surface area contributed by atoms with Crippen LogP contribution in [-0.2, 0) is 11.3 Å². The number of rotatable bonds is 5. The van der Waals surface area contributed by atoms with E-state index in [0.717, 1.165) is 21.2 Å². The maximum absolute atomic E-state index is 15.2. The molecule has 0 radical (unpaired) electrons. The third-order valence-corrected chi connectivity index (χ3v) is 10.8. The highest BCUT2D eigenvalue weighted by Crippen LogP contribution is 2.62. The molecule has 0 amide bonds. The Morgan fingerprint density at radius 2 is 1.89 bits per heavy atom. The van der Waals surface area contributed by atoms with Crippen LogP contribution in [0.15, 0.2) is 62.7 Å². The summed E-state index contributed by atoms with van der Waals surface area (Å²) >= 11 is 3.68. The molecule has 0 N–H and O–H groups in total. The number of ether oxygens (including phenoxy) is 1. The second-order valence-electron chi connectivity index (χ2n) is 8.51. The Morgan fingerprint density at radius 3 is 2.61 bits per heavy atom. The van der Waals surface area contributed by atoms with E-state index in [4.69, 9.17) is 19.6 Å². The van der Waals surface area contributed by atoms with Crippen molar-refractivity contribution < 1.29 is 9.13 Å². The van der Waals surface area contributed by atoms with Gasteiger partial charge >= 0.3 is 0 Å². The van der Waals surface area contributed by atoms with Crippen LogP contribution in [0, 0.1) is 24.1 Å². The molecule has 1 saturated heterocycles. The van der Waals surface area contributed by atoms with Crippen LogP contribution in [-0.4, -0.2) is 58.3 Å². The smallest absolute Gasteiger partial charge is 0.165 e. The Kier molecular flexibility index (Phi) is 7.09. The molecule has 5 rings (SSSR count). The fourth-order valence-corrected chi connectivity index (χ4v) is 9.05. The van der Waals surface area contributed by atoms with Crippen molar-refractivity contribution in [3.63, 3.8) is 0 Å². The summed E-state index contributed by atoms with van der Waals surface area (Å²) in [6, 6.07) is 16.7. The molecule has 0 saturated carbocycles. The second kappa shape index (κ2) is 10.3. The molecule has 2 aliphatic rings. The van der Waals surface area contributed by atoms with Crippen molar-refractivity contribution in [1.82, 2.24) is 19.1 Å². The lowest BCUT2D eigenvalue weighted by Gasteiger charge is -2.46. The topological polar surface area (TPSA) is 82.0 Å². The number of halogens is 2. The number of aliphatic imine (C=N–C) groups is 1. The molecule has 0 unspecified atom stereocenters. The number of aromatic nitrogens is 2. The van der Waals surface area contributed by atoms with Crippen molar-refractivity contribution in [1.29, 1.82) is 5.26 Å². The molecule has 0 aliphatic carbocycles. The number of fused-ring (bicyclic) bond motifs is 1. The molecule has 186 valence electrons. The van der Waals surface area contributed by atoms with Crippen LogP contribution in [0.1, 0.15) is 17.7 Å². The Hall–Kier alpha value is -2.83. The van der Waals surface area contributed by atoms with Gasteiger partial charge in [0.2, 0.25) is 0 Å². The van der Waals surface area contributed by atoms with Crippen LogP contribution in [0.5, 0.6) is 0 Å². The molecular formula is C25H26BrFN7OP. The lowest BCUT2D eigenvalue weighted by molar-refractivity contribution is 0.0732. The summed E-state index contributed by atoms with van der Waals surface area (Å²) in [4.78, 5) is 4.98. The first kappa shape index (κ1) is 24.8. The lowest BCUT2D eigenvalue weighted by atomic mass is 10.2. The number of nitriles is 1. The number of aryl methyl sites for hydroxylation is 2. The number of hydrogen-bond acceptors (Lipinski definition) is 5. The standard InChI is InChI=1S/C25H26BrFN7OP/c1-18-23-25(34(30-18)13-7-12-28)29-24(19-8-3-5-10-21(19)27)32(2)36(23,33-14-16-35-17-15-33)31-22-11-6-4-9-20(22)26/h3-6,8-11H,7,13-17H2,1-2H3/t36-/m0/s1. The maximum atomic E-state index is 15.2. The minimum absolute atomic E-state index is 0.290. The van der Waals surface area contributed by atoms with Gasteiger partial charge in [-0.3, -0.25) is 0 Å². The first-order valence-electron chi connectivity index (χ1n) is 11.7. The van der Waals surface area contributed by atoms with Gasteiger partial charge in [0.15, 0.2) is 13.2 Å². The molecule has 11 heteroatoms. The van der Waals surface area contributed by atoms with E-state index < -0.39 is 7.36 Å². The maximum Gasteiger partial charge on any atom is 0.165 e. The van der Waals surface area contributed by atoms with E-state index in [-0.39, 0.29) is 5.82 Å². The van der Waals surface area contributed by atoms with Gasteiger partial charge in [0.1, 0.15) is 11.7 Å². The monoisotopic (exact) mass is 569 g/mol. The highest BCUT2D eigenvalue weighted by molar-refractivity contribution is 9.10. The van der Waals surface area contributed by atoms with E-state index in [1.165, 1.54) is 6.07 Å². The zero-order valence-corrected chi connectivity index (χ0v) is 22.6. The van der Waals surface area contributed by atoms with Crippen molar-refractivity contribution in [2.45, 2.75) is 19.9 Å². The highest BCUT2D eigenvalue weighted by atomic mass is 79.9. The molecule has 3 heterocycles. The van der Waals surface area contributed by atoms with Crippen molar-refractivity contribution in [3.05, 3.63) is 70.1 Å². The lowest BCUT2D eigenvalue weighted by Crippen LogP contribution is -2.45. The highest BCUT2D eigenvalue weighted by Gasteiger charge is 2.45. The van der Waals surface area contributed by atoms with Gasteiger partial charge in [-0.05, 0) is 47.1 Å². The summed E-state index contributed by atoms with van der Waals surface area (Å²) in [7, 11) is -0.820. The molecule has 3 aromatic rings. The summed E-state index contributed by atoms with van der Waals surface area (Å²) in [6.07, 6.45) is 0.290. The molecule has 0 bridgehead atoms. The van der Waals surface area contributed by atoms with E-state index in [0.29, 0.717) is 56.5 Å². The Balaban J connectivity index is 1.87. The van der Waals surface area contributed by atoms with Crippen LogP contribution in [0.2, 0.25) is 0 Å². The normalized spacial score (nSPS) is 20.0. The largest absolute Gasteiger partial charge is 0.379 e. The van der Waals surface area contributed by atoms with E-state index in [2.05, 4.69) is 31.3 Å². The van der Waals surface area contributed by atoms with E-state index in [1.807, 2.05) is 44.3 Å². The summed E-state index contributed by atoms with van der Waals surface area (Å²) < 4.78 is 33.4. The van der Waals surface area contributed by atoms with Gasteiger partial charge in [-0.1, -0.05) is 24.3 Å². The van der Waals surface area contributed by atoms with E-state index in [1.54, 1.807) is 16.8 Å². The fourth-order valence-electron chi connectivity index (χ4n) is 4.69. The van der Waals surface area contributed by atoms with Crippen molar-refractivity contribution >= 4 is 45.9 Å². The molecule has 1 atom stereocenters. The SMILES string of the molecule is Cc1nn(CCC#N)c2c1[P@@](=Nc1ccccc1Br)(N1CCOCC1)N(C)C(c1ccccc1F)=N2. The third-order valence-electron chi connectivity index (χ3n) is 6.34. The van der Waals surface area contributed by atoms with Crippen LogP contribution < -0.4 is 5.30 Å². The Labute approximate surface area is 218 Å².